The minimum absolute atomic E-state index is 0.255. The van der Waals surface area contributed by atoms with E-state index in [0.29, 0.717) is 0 Å². The van der Waals surface area contributed by atoms with Crippen molar-refractivity contribution in [1.82, 2.24) is 15.4 Å². The third-order valence-electron chi connectivity index (χ3n) is 2.29. The molecular weight excluding hydrogens is 204 g/mol. The van der Waals surface area contributed by atoms with Crippen molar-refractivity contribution in [1.29, 1.82) is 0 Å². The van der Waals surface area contributed by atoms with E-state index in [1.165, 1.54) is 6.20 Å². The number of para-hydroxylation sites is 1. The molecule has 0 unspecified atom stereocenters. The smallest absolute Gasteiger partial charge is 0.277 e. The summed E-state index contributed by atoms with van der Waals surface area (Å²) in [5.41, 5.74) is 2.20. The Bertz CT molecular complexity index is 478. The van der Waals surface area contributed by atoms with E-state index in [2.05, 4.69) is 20.7 Å². The zero-order valence-electron chi connectivity index (χ0n) is 8.90. The number of amides is 1. The number of hydrogen-bond donors (Lipinski definition) is 2. The maximum atomic E-state index is 11.7. The first-order chi connectivity index (χ1) is 7.81. The molecule has 0 atom stereocenters. The molecule has 0 aliphatic heterocycles. The zero-order valence-corrected chi connectivity index (χ0v) is 8.90. The molecule has 0 saturated heterocycles. The van der Waals surface area contributed by atoms with E-state index in [1.54, 1.807) is 0 Å². The van der Waals surface area contributed by atoms with Crippen molar-refractivity contribution >= 4 is 11.6 Å². The summed E-state index contributed by atoms with van der Waals surface area (Å²) in [5, 5.41) is 12.5. The number of carbonyl (C=O) groups is 1. The van der Waals surface area contributed by atoms with Crippen molar-refractivity contribution < 1.29 is 4.79 Å². The Kier molecular flexibility index (Phi) is 2.95. The van der Waals surface area contributed by atoms with Gasteiger partial charge in [-0.15, -0.1) is 0 Å². The van der Waals surface area contributed by atoms with Crippen LogP contribution in [0.3, 0.4) is 0 Å². The van der Waals surface area contributed by atoms with Gasteiger partial charge in [-0.25, -0.2) is 0 Å². The number of aromatic amines is 1. The number of rotatable bonds is 3. The van der Waals surface area contributed by atoms with Crippen LogP contribution in [0.4, 0.5) is 5.69 Å². The summed E-state index contributed by atoms with van der Waals surface area (Å²) in [6, 6.07) is 7.69. The molecule has 16 heavy (non-hydrogen) atoms. The lowest BCUT2D eigenvalue weighted by Crippen LogP contribution is -2.13. The second kappa shape index (κ2) is 4.57. The Labute approximate surface area is 92.9 Å². The van der Waals surface area contributed by atoms with Gasteiger partial charge in [-0.3, -0.25) is 4.79 Å². The molecule has 0 bridgehead atoms. The van der Waals surface area contributed by atoms with Crippen LogP contribution < -0.4 is 5.32 Å². The topological polar surface area (TPSA) is 70.7 Å². The molecule has 0 aliphatic carbocycles. The minimum Gasteiger partial charge on any atom is -0.320 e. The normalized spacial score (nSPS) is 10.1. The predicted octanol–water partition coefficient (Wildman–Crippen LogP) is 1.62. The Hall–Kier alpha value is -2.17. The van der Waals surface area contributed by atoms with Crippen molar-refractivity contribution in [3.05, 3.63) is 41.7 Å². The summed E-state index contributed by atoms with van der Waals surface area (Å²) in [5.74, 6) is -0.255. The van der Waals surface area contributed by atoms with E-state index < -0.39 is 0 Å². The molecule has 0 aliphatic rings. The van der Waals surface area contributed by atoms with Crippen LogP contribution in [-0.2, 0) is 6.42 Å². The number of H-pyrrole nitrogens is 1. The minimum atomic E-state index is -0.255. The molecule has 0 fully saturated rings. The van der Waals surface area contributed by atoms with E-state index in [4.69, 9.17) is 0 Å². The SMILES string of the molecule is CCc1ccccc1NC(=O)c1cn[nH]n1. The molecule has 82 valence electrons. The van der Waals surface area contributed by atoms with Crippen molar-refractivity contribution in [2.45, 2.75) is 13.3 Å². The van der Waals surface area contributed by atoms with Crippen LogP contribution in [0.25, 0.3) is 0 Å². The number of carbonyl (C=O) groups excluding carboxylic acids is 1. The maximum Gasteiger partial charge on any atom is 0.277 e. The Morgan fingerprint density at radius 1 is 1.44 bits per heavy atom. The van der Waals surface area contributed by atoms with Crippen LogP contribution in [0.2, 0.25) is 0 Å². The Balaban J connectivity index is 2.18. The van der Waals surface area contributed by atoms with Gasteiger partial charge in [0.05, 0.1) is 6.20 Å². The molecule has 2 N–H and O–H groups in total. The van der Waals surface area contributed by atoms with E-state index in [-0.39, 0.29) is 11.6 Å². The lowest BCUT2D eigenvalue weighted by molar-refractivity contribution is 0.102. The number of benzene rings is 1. The van der Waals surface area contributed by atoms with Gasteiger partial charge in [0.15, 0.2) is 5.69 Å². The fraction of sp³-hybridized carbons (Fsp3) is 0.182. The molecule has 2 aromatic rings. The van der Waals surface area contributed by atoms with Crippen LogP contribution in [0.15, 0.2) is 30.5 Å². The molecular formula is C11H12N4O. The molecule has 0 spiro atoms. The average molecular weight is 216 g/mol. The molecule has 5 heteroatoms. The number of aromatic nitrogens is 3. The van der Waals surface area contributed by atoms with E-state index in [1.807, 2.05) is 31.2 Å². The van der Waals surface area contributed by atoms with Crippen LogP contribution in [0.1, 0.15) is 23.0 Å². The Morgan fingerprint density at radius 3 is 2.94 bits per heavy atom. The average Bonchev–Trinajstić information content (AvgIpc) is 2.83. The van der Waals surface area contributed by atoms with Gasteiger partial charge >= 0.3 is 0 Å². The lowest BCUT2D eigenvalue weighted by atomic mass is 10.1. The fourth-order valence-electron chi connectivity index (χ4n) is 1.45. The third kappa shape index (κ3) is 2.08. The van der Waals surface area contributed by atoms with Crippen LogP contribution in [-0.4, -0.2) is 21.3 Å². The molecule has 0 radical (unpaired) electrons. The summed E-state index contributed by atoms with van der Waals surface area (Å²) in [7, 11) is 0. The summed E-state index contributed by atoms with van der Waals surface area (Å²) in [6.07, 6.45) is 2.26. The summed E-state index contributed by atoms with van der Waals surface area (Å²) < 4.78 is 0. The quantitative estimate of drug-likeness (QED) is 0.819. The van der Waals surface area contributed by atoms with Gasteiger partial charge in [0.2, 0.25) is 0 Å². The number of nitrogens with zero attached hydrogens (tertiary/aromatic N) is 2. The van der Waals surface area contributed by atoms with Gasteiger partial charge in [0.25, 0.3) is 5.91 Å². The highest BCUT2D eigenvalue weighted by atomic mass is 16.2. The van der Waals surface area contributed by atoms with Crippen molar-refractivity contribution in [3.63, 3.8) is 0 Å². The van der Waals surface area contributed by atoms with Crippen LogP contribution in [0, 0.1) is 0 Å². The second-order valence-corrected chi connectivity index (χ2v) is 3.32. The molecule has 1 aromatic heterocycles. The highest BCUT2D eigenvalue weighted by molar-refractivity contribution is 6.02. The van der Waals surface area contributed by atoms with E-state index in [9.17, 15) is 4.79 Å². The summed E-state index contributed by atoms with van der Waals surface area (Å²) in [6.45, 7) is 2.04. The standard InChI is InChI=1S/C11H12N4O/c1-2-8-5-3-4-6-9(8)13-11(16)10-7-12-15-14-10/h3-7H,2H2,1H3,(H,13,16)(H,12,14,15). The molecule has 0 saturated carbocycles. The van der Waals surface area contributed by atoms with Crippen LogP contribution in [0.5, 0.6) is 0 Å². The summed E-state index contributed by atoms with van der Waals surface area (Å²) >= 11 is 0. The predicted molar refractivity (Wildman–Crippen MR) is 60.2 cm³/mol. The third-order valence-corrected chi connectivity index (χ3v) is 2.29. The number of hydrogen-bond acceptors (Lipinski definition) is 3. The van der Waals surface area contributed by atoms with Crippen molar-refractivity contribution in [2.75, 3.05) is 5.32 Å². The maximum absolute atomic E-state index is 11.7. The van der Waals surface area contributed by atoms with Crippen LogP contribution >= 0.6 is 0 Å². The van der Waals surface area contributed by atoms with Crippen molar-refractivity contribution in [2.24, 2.45) is 0 Å². The van der Waals surface area contributed by atoms with E-state index >= 15 is 0 Å². The number of aryl methyl sites for hydroxylation is 1. The molecule has 5 nitrogen and oxygen atoms in total. The first-order valence-corrected chi connectivity index (χ1v) is 5.06. The number of anilines is 1. The molecule has 1 amide bonds. The highest BCUT2D eigenvalue weighted by Crippen LogP contribution is 2.15. The van der Waals surface area contributed by atoms with Crippen molar-refractivity contribution in [3.8, 4) is 0 Å². The monoisotopic (exact) mass is 216 g/mol. The van der Waals surface area contributed by atoms with E-state index in [0.717, 1.165) is 17.7 Å². The first-order valence-electron chi connectivity index (χ1n) is 5.06. The largest absolute Gasteiger partial charge is 0.320 e. The molecule has 1 heterocycles. The van der Waals surface area contributed by atoms with Gasteiger partial charge < -0.3 is 5.32 Å². The highest BCUT2D eigenvalue weighted by Gasteiger charge is 2.10. The van der Waals surface area contributed by atoms with Gasteiger partial charge in [-0.05, 0) is 18.1 Å². The lowest BCUT2D eigenvalue weighted by Gasteiger charge is -2.07. The zero-order chi connectivity index (χ0) is 11.4. The summed E-state index contributed by atoms with van der Waals surface area (Å²) in [4.78, 5) is 11.7. The van der Waals surface area contributed by atoms with Gasteiger partial charge in [-0.1, -0.05) is 25.1 Å². The Morgan fingerprint density at radius 2 is 2.25 bits per heavy atom. The fourth-order valence-corrected chi connectivity index (χ4v) is 1.45. The number of nitrogens with one attached hydrogen (secondary N) is 2. The van der Waals surface area contributed by atoms with Gasteiger partial charge in [0.1, 0.15) is 0 Å². The molecule has 2 rings (SSSR count). The van der Waals surface area contributed by atoms with Gasteiger partial charge in [-0.2, -0.15) is 15.4 Å². The first kappa shape index (κ1) is 10.4. The molecule has 1 aromatic carbocycles. The second-order valence-electron chi connectivity index (χ2n) is 3.32. The van der Waals surface area contributed by atoms with Gasteiger partial charge in [0, 0.05) is 5.69 Å².